The van der Waals surface area contributed by atoms with E-state index in [1.54, 1.807) is 5.82 Å². The molecule has 1 aromatic heterocycles. The fourth-order valence-corrected chi connectivity index (χ4v) is 5.07. The minimum atomic E-state index is 1.22. The third-order valence-electron chi connectivity index (χ3n) is 7.35. The first-order valence-corrected chi connectivity index (χ1v) is 15.4. The van der Waals surface area contributed by atoms with Gasteiger partial charge in [-0.1, -0.05) is 130 Å². The molecule has 0 aliphatic carbocycles. The van der Waals surface area contributed by atoms with E-state index in [2.05, 4.69) is 42.3 Å². The summed E-state index contributed by atoms with van der Waals surface area (Å²) in [7, 11) is 0. The molecule has 33 heavy (non-hydrogen) atoms. The molecule has 0 fully saturated rings. The van der Waals surface area contributed by atoms with Crippen molar-refractivity contribution in [2.45, 2.75) is 182 Å². The van der Waals surface area contributed by atoms with E-state index >= 15 is 0 Å². The largest absolute Gasteiger partial charge is 0.256 e. The van der Waals surface area contributed by atoms with E-state index in [-0.39, 0.29) is 0 Å². The van der Waals surface area contributed by atoms with Gasteiger partial charge in [0.25, 0.3) is 5.82 Å². The number of hydrogen-bond donors (Lipinski definition) is 0. The lowest BCUT2D eigenvalue weighted by atomic mass is 10.0. The highest BCUT2D eigenvalue weighted by atomic mass is 15.1. The topological polar surface area (TPSA) is 8.81 Å². The molecule has 194 valence electrons. The highest BCUT2D eigenvalue weighted by Crippen LogP contribution is 2.14. The van der Waals surface area contributed by atoms with Crippen molar-refractivity contribution in [2.24, 2.45) is 0 Å². The second kappa shape index (κ2) is 23.0. The Morgan fingerprint density at radius 2 is 0.939 bits per heavy atom. The number of rotatable bonds is 25. The van der Waals surface area contributed by atoms with Gasteiger partial charge in [-0.15, -0.1) is 0 Å². The van der Waals surface area contributed by atoms with Crippen LogP contribution in [-0.4, -0.2) is 4.57 Å². The molecule has 0 aliphatic heterocycles. The fraction of sp³-hybridized carbons (Fsp3) is 0.903. The monoisotopic (exact) mass is 461 g/mol. The van der Waals surface area contributed by atoms with Crippen LogP contribution in [0.25, 0.3) is 0 Å². The smallest absolute Gasteiger partial charge is 0.234 e. The maximum absolute atomic E-state index is 2.58. The predicted octanol–water partition coefficient (Wildman–Crippen LogP) is 9.96. The van der Waals surface area contributed by atoms with Gasteiger partial charge in [0.1, 0.15) is 12.4 Å². The standard InChI is InChI=1S/C31H61N2/c1-4-7-10-12-14-15-16-17-18-19-20-21-23-25-28-33-30-29-32(31(33)26-9-6-3)27-24-22-13-11-8-5-2/h29-30H,4-28H2,1-3H3/q+1. The Hall–Kier alpha value is -0.790. The number of hydrogen-bond acceptors (Lipinski definition) is 0. The summed E-state index contributed by atoms with van der Waals surface area (Å²) >= 11 is 0. The van der Waals surface area contributed by atoms with E-state index in [4.69, 9.17) is 0 Å². The van der Waals surface area contributed by atoms with Crippen LogP contribution in [0.5, 0.6) is 0 Å². The van der Waals surface area contributed by atoms with Crippen LogP contribution in [-0.2, 0) is 19.5 Å². The predicted molar refractivity (Wildman–Crippen MR) is 147 cm³/mol. The maximum atomic E-state index is 2.58. The van der Waals surface area contributed by atoms with Gasteiger partial charge in [-0.2, -0.15) is 0 Å². The van der Waals surface area contributed by atoms with Crippen LogP contribution in [0.3, 0.4) is 0 Å². The first-order valence-electron chi connectivity index (χ1n) is 15.4. The van der Waals surface area contributed by atoms with Gasteiger partial charge in [0.2, 0.25) is 0 Å². The number of aryl methyl sites for hydroxylation is 2. The molecular formula is C31H61N2+. The third-order valence-corrected chi connectivity index (χ3v) is 7.35. The van der Waals surface area contributed by atoms with Crippen molar-refractivity contribution >= 4 is 0 Å². The minimum absolute atomic E-state index is 1.22. The van der Waals surface area contributed by atoms with Crippen molar-refractivity contribution in [3.8, 4) is 0 Å². The second-order valence-electron chi connectivity index (χ2n) is 10.6. The van der Waals surface area contributed by atoms with E-state index in [1.165, 1.54) is 161 Å². The Morgan fingerprint density at radius 1 is 0.515 bits per heavy atom. The molecule has 0 bridgehead atoms. The number of nitrogens with zero attached hydrogens (tertiary/aromatic N) is 2. The van der Waals surface area contributed by atoms with E-state index < -0.39 is 0 Å². The third kappa shape index (κ3) is 16.5. The first kappa shape index (κ1) is 30.2. The molecule has 0 atom stereocenters. The van der Waals surface area contributed by atoms with Crippen LogP contribution >= 0.6 is 0 Å². The summed E-state index contributed by atoms with van der Waals surface area (Å²) in [6.07, 6.45) is 37.1. The maximum Gasteiger partial charge on any atom is 0.256 e. The first-order chi connectivity index (χ1) is 16.3. The summed E-state index contributed by atoms with van der Waals surface area (Å²) in [5.41, 5.74) is 0. The van der Waals surface area contributed by atoms with Crippen molar-refractivity contribution in [1.82, 2.24) is 4.57 Å². The number of aromatic nitrogens is 2. The molecule has 0 aromatic carbocycles. The van der Waals surface area contributed by atoms with Crippen molar-refractivity contribution in [1.29, 1.82) is 0 Å². The lowest BCUT2D eigenvalue weighted by Crippen LogP contribution is -2.37. The van der Waals surface area contributed by atoms with E-state index in [9.17, 15) is 0 Å². The van der Waals surface area contributed by atoms with Gasteiger partial charge >= 0.3 is 0 Å². The molecule has 0 radical (unpaired) electrons. The van der Waals surface area contributed by atoms with Crippen LogP contribution in [0.2, 0.25) is 0 Å². The van der Waals surface area contributed by atoms with Gasteiger partial charge < -0.3 is 0 Å². The SMILES string of the molecule is CCCCCCCCCCCCCCCCn1cc[n+](CCCCCCCC)c1CCCC. The summed E-state index contributed by atoms with van der Waals surface area (Å²) in [4.78, 5) is 0. The molecule has 0 saturated heterocycles. The lowest BCUT2D eigenvalue weighted by molar-refractivity contribution is -0.704. The van der Waals surface area contributed by atoms with Gasteiger partial charge in [-0.25, -0.2) is 9.13 Å². The van der Waals surface area contributed by atoms with Crippen LogP contribution in [0.1, 0.15) is 168 Å². The minimum Gasteiger partial charge on any atom is -0.234 e. The molecule has 0 amide bonds. The van der Waals surface area contributed by atoms with Gasteiger partial charge in [0, 0.05) is 6.42 Å². The Bertz CT molecular complexity index is 519. The van der Waals surface area contributed by atoms with Gasteiger partial charge in [0.05, 0.1) is 13.1 Å². The summed E-state index contributed by atoms with van der Waals surface area (Å²) in [6.45, 7) is 9.37. The van der Waals surface area contributed by atoms with Gasteiger partial charge in [-0.3, -0.25) is 0 Å². The zero-order chi connectivity index (χ0) is 23.8. The van der Waals surface area contributed by atoms with Gasteiger partial charge in [0.15, 0.2) is 0 Å². The molecule has 2 nitrogen and oxygen atoms in total. The normalized spacial score (nSPS) is 11.5. The highest BCUT2D eigenvalue weighted by Gasteiger charge is 2.16. The molecular weight excluding hydrogens is 400 g/mol. The summed E-state index contributed by atoms with van der Waals surface area (Å²) in [5, 5.41) is 0. The Balaban J connectivity index is 2.11. The average molecular weight is 462 g/mol. The van der Waals surface area contributed by atoms with Crippen LogP contribution in [0, 0.1) is 0 Å². The highest BCUT2D eigenvalue weighted by molar-refractivity contribution is 4.84. The fourth-order valence-electron chi connectivity index (χ4n) is 5.07. The van der Waals surface area contributed by atoms with Crippen molar-refractivity contribution in [2.75, 3.05) is 0 Å². The molecule has 1 rings (SSSR count). The summed E-state index contributed by atoms with van der Waals surface area (Å²) < 4.78 is 5.15. The van der Waals surface area contributed by atoms with E-state index in [1.807, 2.05) is 0 Å². The molecule has 1 aromatic rings. The zero-order valence-electron chi connectivity index (χ0n) is 23.2. The summed E-state index contributed by atoms with van der Waals surface area (Å²) in [5.74, 6) is 1.58. The van der Waals surface area contributed by atoms with Crippen LogP contribution in [0.15, 0.2) is 12.4 Å². The molecule has 0 aliphatic rings. The molecule has 0 unspecified atom stereocenters. The molecule has 2 heteroatoms. The van der Waals surface area contributed by atoms with Gasteiger partial charge in [-0.05, 0) is 32.1 Å². The van der Waals surface area contributed by atoms with E-state index in [0.29, 0.717) is 0 Å². The number of imidazole rings is 1. The Morgan fingerprint density at radius 3 is 1.42 bits per heavy atom. The molecule has 0 saturated carbocycles. The molecule has 0 N–H and O–H groups in total. The van der Waals surface area contributed by atoms with Crippen molar-refractivity contribution in [3.05, 3.63) is 18.2 Å². The molecule has 1 heterocycles. The average Bonchev–Trinajstić information content (AvgIpc) is 3.21. The second-order valence-corrected chi connectivity index (χ2v) is 10.6. The number of unbranched alkanes of at least 4 members (excludes halogenated alkanes) is 19. The van der Waals surface area contributed by atoms with Crippen molar-refractivity contribution < 1.29 is 4.57 Å². The van der Waals surface area contributed by atoms with E-state index in [0.717, 1.165) is 0 Å². The quantitative estimate of drug-likeness (QED) is 0.101. The Labute approximate surface area is 208 Å². The summed E-state index contributed by atoms with van der Waals surface area (Å²) in [6, 6.07) is 0. The van der Waals surface area contributed by atoms with Crippen LogP contribution in [0.4, 0.5) is 0 Å². The molecule has 0 spiro atoms. The van der Waals surface area contributed by atoms with Crippen LogP contribution < -0.4 is 4.57 Å². The van der Waals surface area contributed by atoms with Crippen molar-refractivity contribution in [3.63, 3.8) is 0 Å². The lowest BCUT2D eigenvalue weighted by Gasteiger charge is -2.06. The Kier molecular flexibility index (Phi) is 21.1. The zero-order valence-corrected chi connectivity index (χ0v) is 23.2.